The number of ether oxygens (including phenoxy) is 1. The Balaban J connectivity index is 2.64. The van der Waals surface area contributed by atoms with Crippen molar-refractivity contribution in [3.8, 4) is 0 Å². The first-order chi connectivity index (χ1) is 7.61. The molecule has 0 aromatic rings. The lowest BCUT2D eigenvalue weighted by Gasteiger charge is -2.25. The summed E-state index contributed by atoms with van der Waals surface area (Å²) in [7, 11) is 1.34. The molecule has 0 spiro atoms. The van der Waals surface area contributed by atoms with Gasteiger partial charge in [-0.2, -0.15) is 0 Å². The van der Waals surface area contributed by atoms with Crippen molar-refractivity contribution in [1.29, 1.82) is 0 Å². The van der Waals surface area contributed by atoms with Gasteiger partial charge in [-0.25, -0.2) is 4.79 Å². The topological polar surface area (TPSA) is 72.6 Å². The van der Waals surface area contributed by atoms with E-state index in [2.05, 4.69) is 4.74 Å². The van der Waals surface area contributed by atoms with Gasteiger partial charge in [-0.05, 0) is 19.3 Å². The molecule has 5 heteroatoms. The number of methoxy groups -OCH3 is 1. The monoisotopic (exact) mass is 228 g/mol. The quantitative estimate of drug-likeness (QED) is 0.701. The van der Waals surface area contributed by atoms with Crippen LogP contribution in [0.3, 0.4) is 0 Å². The van der Waals surface area contributed by atoms with Gasteiger partial charge in [0.15, 0.2) is 0 Å². The number of nitrogens with two attached hydrogens (primary N) is 1. The Morgan fingerprint density at radius 2 is 2.25 bits per heavy atom. The van der Waals surface area contributed by atoms with Crippen LogP contribution >= 0.6 is 0 Å². The van der Waals surface area contributed by atoms with E-state index in [4.69, 9.17) is 5.73 Å². The van der Waals surface area contributed by atoms with Crippen molar-refractivity contribution < 1.29 is 14.3 Å². The van der Waals surface area contributed by atoms with Crippen LogP contribution in [0.15, 0.2) is 0 Å². The summed E-state index contributed by atoms with van der Waals surface area (Å²) in [6.07, 6.45) is 3.04. The largest absolute Gasteiger partial charge is 0.467 e. The van der Waals surface area contributed by atoms with Crippen molar-refractivity contribution in [2.45, 2.75) is 44.7 Å². The number of carbonyl (C=O) groups excluding carboxylic acids is 2. The maximum atomic E-state index is 12.0. The smallest absolute Gasteiger partial charge is 0.328 e. The highest BCUT2D eigenvalue weighted by Gasteiger charge is 2.36. The lowest BCUT2D eigenvalue weighted by Crippen LogP contribution is -2.48. The minimum absolute atomic E-state index is 0.130. The van der Waals surface area contributed by atoms with Crippen molar-refractivity contribution in [2.75, 3.05) is 13.7 Å². The number of carbonyl (C=O) groups is 2. The second-order valence-electron chi connectivity index (χ2n) is 4.11. The van der Waals surface area contributed by atoms with Gasteiger partial charge in [0.1, 0.15) is 6.04 Å². The van der Waals surface area contributed by atoms with E-state index in [-0.39, 0.29) is 11.9 Å². The second-order valence-corrected chi connectivity index (χ2v) is 4.11. The summed E-state index contributed by atoms with van der Waals surface area (Å²) in [5.74, 6) is -0.468. The zero-order valence-corrected chi connectivity index (χ0v) is 9.94. The van der Waals surface area contributed by atoms with Gasteiger partial charge in [0.05, 0.1) is 13.2 Å². The lowest BCUT2D eigenvalue weighted by molar-refractivity contribution is -0.151. The van der Waals surface area contributed by atoms with Crippen LogP contribution in [0.25, 0.3) is 0 Å². The summed E-state index contributed by atoms with van der Waals surface area (Å²) < 4.78 is 4.68. The van der Waals surface area contributed by atoms with Gasteiger partial charge in [0.2, 0.25) is 5.91 Å². The van der Waals surface area contributed by atoms with E-state index in [9.17, 15) is 9.59 Å². The zero-order valence-electron chi connectivity index (χ0n) is 9.94. The summed E-state index contributed by atoms with van der Waals surface area (Å²) in [4.78, 5) is 25.0. The second kappa shape index (κ2) is 5.84. The fraction of sp³-hybridized carbons (Fsp3) is 0.818. The van der Waals surface area contributed by atoms with E-state index in [1.54, 1.807) is 4.90 Å². The zero-order chi connectivity index (χ0) is 12.1. The van der Waals surface area contributed by atoms with E-state index >= 15 is 0 Å². The molecular formula is C11H20N2O3. The Morgan fingerprint density at radius 3 is 2.81 bits per heavy atom. The minimum Gasteiger partial charge on any atom is -0.467 e. The summed E-state index contributed by atoms with van der Waals surface area (Å²) >= 11 is 0. The summed E-state index contributed by atoms with van der Waals surface area (Å²) in [6, 6.07) is -0.921. The van der Waals surface area contributed by atoms with Crippen LogP contribution in [-0.4, -0.2) is 42.5 Å². The van der Waals surface area contributed by atoms with Crippen molar-refractivity contribution in [3.05, 3.63) is 0 Å². The van der Waals surface area contributed by atoms with E-state index < -0.39 is 12.1 Å². The normalized spacial score (nSPS) is 21.9. The van der Waals surface area contributed by atoms with E-state index in [0.717, 1.165) is 12.8 Å². The molecular weight excluding hydrogens is 208 g/mol. The Bertz CT molecular complexity index is 268. The third-order valence-corrected chi connectivity index (χ3v) is 2.93. The first-order valence-corrected chi connectivity index (χ1v) is 5.75. The first-order valence-electron chi connectivity index (χ1n) is 5.75. The van der Waals surface area contributed by atoms with Crippen molar-refractivity contribution >= 4 is 11.9 Å². The molecule has 0 saturated carbocycles. The molecule has 2 atom stereocenters. The molecule has 2 N–H and O–H groups in total. The fourth-order valence-electron chi connectivity index (χ4n) is 2.06. The third-order valence-electron chi connectivity index (χ3n) is 2.93. The molecule has 1 rings (SSSR count). The Labute approximate surface area is 95.9 Å². The standard InChI is InChI=1S/C11H20N2O3/c1-3-5-8(12)10(14)13-7-4-6-9(13)11(15)16-2/h8-9H,3-7,12H2,1-2H3/t8-,9-/m0/s1. The fourth-order valence-corrected chi connectivity index (χ4v) is 2.06. The molecule has 1 fully saturated rings. The molecule has 1 saturated heterocycles. The molecule has 0 radical (unpaired) electrons. The molecule has 0 aliphatic carbocycles. The molecule has 5 nitrogen and oxygen atoms in total. The summed E-state index contributed by atoms with van der Waals surface area (Å²) in [5, 5.41) is 0. The highest BCUT2D eigenvalue weighted by Crippen LogP contribution is 2.19. The molecule has 1 aliphatic heterocycles. The first kappa shape index (κ1) is 13.0. The van der Waals surface area contributed by atoms with Gasteiger partial charge in [-0.3, -0.25) is 4.79 Å². The van der Waals surface area contributed by atoms with Crippen LogP contribution in [0.5, 0.6) is 0 Å². The van der Waals surface area contributed by atoms with Gasteiger partial charge >= 0.3 is 5.97 Å². The minimum atomic E-state index is -0.491. The average Bonchev–Trinajstić information content (AvgIpc) is 2.76. The van der Waals surface area contributed by atoms with E-state index in [1.165, 1.54) is 7.11 Å². The molecule has 0 aromatic heterocycles. The Hall–Kier alpha value is -1.10. The maximum Gasteiger partial charge on any atom is 0.328 e. The van der Waals surface area contributed by atoms with Crippen molar-refractivity contribution in [1.82, 2.24) is 4.90 Å². The van der Waals surface area contributed by atoms with Gasteiger partial charge < -0.3 is 15.4 Å². The molecule has 0 aromatic carbocycles. The van der Waals surface area contributed by atoms with E-state index in [1.807, 2.05) is 6.92 Å². The predicted molar refractivity (Wildman–Crippen MR) is 59.6 cm³/mol. The van der Waals surface area contributed by atoms with Crippen LogP contribution in [0.1, 0.15) is 32.6 Å². The van der Waals surface area contributed by atoms with Crippen LogP contribution in [0, 0.1) is 0 Å². The van der Waals surface area contributed by atoms with Gasteiger partial charge in [0, 0.05) is 6.54 Å². The van der Waals surface area contributed by atoms with Gasteiger partial charge in [-0.1, -0.05) is 13.3 Å². The number of esters is 1. The Kier molecular flexibility index (Phi) is 4.73. The average molecular weight is 228 g/mol. The van der Waals surface area contributed by atoms with Crippen LogP contribution in [0.2, 0.25) is 0 Å². The van der Waals surface area contributed by atoms with Crippen molar-refractivity contribution in [3.63, 3.8) is 0 Å². The number of hydrogen-bond donors (Lipinski definition) is 1. The van der Waals surface area contributed by atoms with Gasteiger partial charge in [-0.15, -0.1) is 0 Å². The van der Waals surface area contributed by atoms with Crippen LogP contribution in [-0.2, 0) is 14.3 Å². The number of nitrogens with zero attached hydrogens (tertiary/aromatic N) is 1. The van der Waals surface area contributed by atoms with Crippen LogP contribution < -0.4 is 5.73 Å². The number of hydrogen-bond acceptors (Lipinski definition) is 4. The summed E-state index contributed by atoms with van der Waals surface area (Å²) in [6.45, 7) is 2.59. The van der Waals surface area contributed by atoms with Crippen LogP contribution in [0.4, 0.5) is 0 Å². The SMILES string of the molecule is CCC[C@H](N)C(=O)N1CCC[C@H]1C(=O)OC. The highest BCUT2D eigenvalue weighted by atomic mass is 16.5. The van der Waals surface area contributed by atoms with Gasteiger partial charge in [0.25, 0.3) is 0 Å². The molecule has 1 amide bonds. The maximum absolute atomic E-state index is 12.0. The molecule has 16 heavy (non-hydrogen) atoms. The number of likely N-dealkylation sites (tertiary alicyclic amines) is 1. The highest BCUT2D eigenvalue weighted by molar-refractivity contribution is 5.88. The molecule has 0 unspecified atom stereocenters. The third kappa shape index (κ3) is 2.72. The number of amides is 1. The molecule has 1 aliphatic rings. The lowest BCUT2D eigenvalue weighted by atomic mass is 10.1. The molecule has 0 bridgehead atoms. The Morgan fingerprint density at radius 1 is 1.56 bits per heavy atom. The number of rotatable bonds is 4. The van der Waals surface area contributed by atoms with Crippen molar-refractivity contribution in [2.24, 2.45) is 5.73 Å². The predicted octanol–water partition coefficient (Wildman–Crippen LogP) is 0.278. The molecule has 92 valence electrons. The van der Waals surface area contributed by atoms with E-state index in [0.29, 0.717) is 19.4 Å². The summed E-state index contributed by atoms with van der Waals surface area (Å²) in [5.41, 5.74) is 5.77. The molecule has 1 heterocycles.